The summed E-state index contributed by atoms with van der Waals surface area (Å²) in [7, 11) is 4.10. The van der Waals surface area contributed by atoms with E-state index in [1.54, 1.807) is 0 Å². The fourth-order valence-electron chi connectivity index (χ4n) is 6.57. The number of hydrogen-bond acceptors (Lipinski definition) is 3. The molecule has 2 aromatic heterocycles. The standard InChI is InChI=1S/C40H28N5.Pt/c1-42-20-21-44(26-42)32-10-7-11-33(25-32)45-38-23-30(29-15-14-27-8-3-4-9-28(27)22-29)16-18-34(38)35-19-17-31(24-39(35)45)40-41-36-12-5-6-13-37(36)43(40)2;/h3-23,26H,1-2H3;/q-3;. The Morgan fingerprint density at radius 3 is 2.24 bits per heavy atom. The summed E-state index contributed by atoms with van der Waals surface area (Å²) in [6, 6.07) is 48.4. The predicted octanol–water partition coefficient (Wildman–Crippen LogP) is 9.10. The van der Waals surface area contributed by atoms with Gasteiger partial charge in [0.1, 0.15) is 0 Å². The molecule has 9 rings (SSSR count). The molecule has 0 spiro atoms. The van der Waals surface area contributed by atoms with Gasteiger partial charge in [-0.15, -0.1) is 47.6 Å². The van der Waals surface area contributed by atoms with E-state index in [-0.39, 0.29) is 21.1 Å². The third-order valence-electron chi connectivity index (χ3n) is 8.84. The molecule has 1 aliphatic heterocycles. The van der Waals surface area contributed by atoms with E-state index in [2.05, 4.69) is 155 Å². The normalized spacial score (nSPS) is 13.0. The Kier molecular flexibility index (Phi) is 6.81. The summed E-state index contributed by atoms with van der Waals surface area (Å²) >= 11 is 0. The van der Waals surface area contributed by atoms with Crippen LogP contribution >= 0.6 is 0 Å². The molecule has 0 atom stereocenters. The Labute approximate surface area is 281 Å². The second-order valence-electron chi connectivity index (χ2n) is 11.7. The van der Waals surface area contributed by atoms with Crippen molar-refractivity contribution in [3.63, 3.8) is 0 Å². The van der Waals surface area contributed by atoms with Crippen LogP contribution in [0.15, 0.2) is 128 Å². The van der Waals surface area contributed by atoms with Gasteiger partial charge in [-0.2, -0.15) is 12.7 Å². The van der Waals surface area contributed by atoms with Crippen molar-refractivity contribution in [3.8, 4) is 28.2 Å². The molecule has 8 aromatic rings. The van der Waals surface area contributed by atoms with Gasteiger partial charge in [0.2, 0.25) is 0 Å². The van der Waals surface area contributed by atoms with Crippen molar-refractivity contribution in [2.45, 2.75) is 0 Å². The van der Waals surface area contributed by atoms with Crippen LogP contribution < -0.4 is 4.90 Å². The molecule has 0 saturated heterocycles. The Bertz CT molecular complexity index is 2470. The minimum absolute atomic E-state index is 0. The van der Waals surface area contributed by atoms with E-state index in [0.717, 1.165) is 50.2 Å². The van der Waals surface area contributed by atoms with Gasteiger partial charge in [-0.05, 0) is 76.5 Å². The van der Waals surface area contributed by atoms with Crippen LogP contribution in [0, 0.1) is 18.8 Å². The molecule has 0 unspecified atom stereocenters. The zero-order valence-electron chi connectivity index (χ0n) is 25.3. The number of anilines is 1. The molecular formula is C40H28N5Pt-3. The molecule has 1 aliphatic rings. The Morgan fingerprint density at radius 2 is 1.39 bits per heavy atom. The number of para-hydroxylation sites is 2. The molecule has 0 radical (unpaired) electrons. The van der Waals surface area contributed by atoms with Crippen molar-refractivity contribution < 1.29 is 21.1 Å². The number of nitrogens with zero attached hydrogens (tertiary/aromatic N) is 5. The Morgan fingerprint density at radius 1 is 0.630 bits per heavy atom. The summed E-state index contributed by atoms with van der Waals surface area (Å²) in [5.74, 6) is 0.893. The third-order valence-corrected chi connectivity index (χ3v) is 8.84. The van der Waals surface area contributed by atoms with Crippen LogP contribution in [0.3, 0.4) is 0 Å². The fraction of sp³-hybridized carbons (Fsp3) is 0.0500. The van der Waals surface area contributed by atoms with Crippen molar-refractivity contribution >= 4 is 49.3 Å². The van der Waals surface area contributed by atoms with Crippen LogP contribution in [0.1, 0.15) is 0 Å². The van der Waals surface area contributed by atoms with Crippen LogP contribution in [-0.2, 0) is 28.1 Å². The quantitative estimate of drug-likeness (QED) is 0.167. The van der Waals surface area contributed by atoms with E-state index >= 15 is 0 Å². The number of benzene rings is 6. The zero-order chi connectivity index (χ0) is 30.1. The van der Waals surface area contributed by atoms with Crippen molar-refractivity contribution in [2.24, 2.45) is 7.05 Å². The molecule has 5 nitrogen and oxygen atoms in total. The monoisotopic (exact) mass is 773 g/mol. The molecular weight excluding hydrogens is 746 g/mol. The Hall–Kier alpha value is -5.12. The van der Waals surface area contributed by atoms with Gasteiger partial charge in [0.15, 0.2) is 0 Å². The maximum Gasteiger partial charge on any atom is 0.0770 e. The van der Waals surface area contributed by atoms with Gasteiger partial charge in [-0.1, -0.05) is 71.7 Å². The predicted molar refractivity (Wildman–Crippen MR) is 185 cm³/mol. The molecule has 0 amide bonds. The summed E-state index contributed by atoms with van der Waals surface area (Å²) in [4.78, 5) is 9.11. The number of imidazole rings is 1. The number of aryl methyl sites for hydroxylation is 1. The van der Waals surface area contributed by atoms with E-state index in [1.165, 1.54) is 27.3 Å². The largest absolute Gasteiger partial charge is 0.510 e. The summed E-state index contributed by atoms with van der Waals surface area (Å²) in [6.45, 7) is 2.05. The van der Waals surface area contributed by atoms with E-state index in [1.807, 2.05) is 24.2 Å². The van der Waals surface area contributed by atoms with Crippen molar-refractivity contribution in [2.75, 3.05) is 11.9 Å². The molecule has 6 heteroatoms. The van der Waals surface area contributed by atoms with Gasteiger partial charge < -0.3 is 18.9 Å². The molecule has 0 N–H and O–H groups in total. The van der Waals surface area contributed by atoms with Crippen LogP contribution in [0.25, 0.3) is 71.8 Å². The molecule has 0 fully saturated rings. The van der Waals surface area contributed by atoms with Crippen molar-refractivity contribution in [1.29, 1.82) is 0 Å². The fourth-order valence-corrected chi connectivity index (χ4v) is 6.57. The van der Waals surface area contributed by atoms with Crippen LogP contribution in [-0.4, -0.2) is 26.1 Å². The minimum Gasteiger partial charge on any atom is -0.510 e. The van der Waals surface area contributed by atoms with Crippen LogP contribution in [0.5, 0.6) is 0 Å². The molecule has 0 saturated carbocycles. The maximum atomic E-state index is 4.99. The maximum absolute atomic E-state index is 4.99. The summed E-state index contributed by atoms with van der Waals surface area (Å²) in [5, 5.41) is 4.79. The van der Waals surface area contributed by atoms with Crippen molar-refractivity contribution in [1.82, 2.24) is 19.0 Å². The minimum atomic E-state index is 0. The SMILES string of the molecule is CN1C=CN(c2[c-]c(-n3c4[c-]c(-c5nc6ccccc6n5C)ccc4c4ccc(-c5ccc6ccccc6c5)cc43)ccc2)[CH-]1.[Pt]. The van der Waals surface area contributed by atoms with Gasteiger partial charge in [0, 0.05) is 33.6 Å². The summed E-state index contributed by atoms with van der Waals surface area (Å²) in [5.41, 5.74) is 9.42. The zero-order valence-corrected chi connectivity index (χ0v) is 27.5. The van der Waals surface area contributed by atoms with E-state index in [4.69, 9.17) is 4.98 Å². The molecule has 3 heterocycles. The van der Waals surface area contributed by atoms with E-state index in [0.29, 0.717) is 0 Å². The summed E-state index contributed by atoms with van der Waals surface area (Å²) in [6.07, 6.45) is 4.09. The van der Waals surface area contributed by atoms with Gasteiger partial charge in [0.25, 0.3) is 0 Å². The first-order chi connectivity index (χ1) is 22.1. The molecule has 6 aromatic carbocycles. The molecule has 0 aliphatic carbocycles. The number of rotatable bonds is 4. The molecule has 46 heavy (non-hydrogen) atoms. The van der Waals surface area contributed by atoms with Gasteiger partial charge in [-0.3, -0.25) is 4.98 Å². The first-order valence-corrected chi connectivity index (χ1v) is 15.1. The second kappa shape index (κ2) is 11.0. The second-order valence-corrected chi connectivity index (χ2v) is 11.7. The third kappa shape index (κ3) is 4.54. The van der Waals surface area contributed by atoms with Gasteiger partial charge in [-0.25, -0.2) is 0 Å². The van der Waals surface area contributed by atoms with E-state index in [9.17, 15) is 0 Å². The van der Waals surface area contributed by atoms with Crippen LogP contribution in [0.4, 0.5) is 5.69 Å². The summed E-state index contributed by atoms with van der Waals surface area (Å²) < 4.78 is 4.45. The topological polar surface area (TPSA) is 29.2 Å². The molecule has 0 bridgehead atoms. The van der Waals surface area contributed by atoms with Gasteiger partial charge >= 0.3 is 0 Å². The Balaban J connectivity index is 0.00000312. The van der Waals surface area contributed by atoms with Crippen LogP contribution in [0.2, 0.25) is 0 Å². The average molecular weight is 774 g/mol. The number of fused-ring (bicyclic) bond motifs is 5. The average Bonchev–Trinajstić information content (AvgIpc) is 3.77. The first kappa shape index (κ1) is 28.4. The first-order valence-electron chi connectivity index (χ1n) is 15.1. The van der Waals surface area contributed by atoms with Gasteiger partial charge in [0.05, 0.1) is 16.9 Å². The van der Waals surface area contributed by atoms with Crippen molar-refractivity contribution in [3.05, 3.63) is 146 Å². The number of hydrogen-bond donors (Lipinski definition) is 0. The molecule has 226 valence electrons. The smallest absolute Gasteiger partial charge is 0.0770 e. The van der Waals surface area contributed by atoms with E-state index < -0.39 is 0 Å². The number of aromatic nitrogens is 3.